The van der Waals surface area contributed by atoms with Crippen molar-refractivity contribution in [1.82, 2.24) is 4.90 Å². The Hall–Kier alpha value is -3.19. The Morgan fingerprint density at radius 2 is 1.52 bits per heavy atom. The molecule has 0 N–H and O–H groups in total. The molecule has 1 aliphatic heterocycles. The van der Waals surface area contributed by atoms with E-state index < -0.39 is 5.97 Å². The zero-order valence-corrected chi connectivity index (χ0v) is 19.8. The summed E-state index contributed by atoms with van der Waals surface area (Å²) in [4.78, 5) is 15.2. The van der Waals surface area contributed by atoms with Gasteiger partial charge in [0.2, 0.25) is 0 Å². The first-order valence-electron chi connectivity index (χ1n) is 11.0. The summed E-state index contributed by atoms with van der Waals surface area (Å²) in [5.41, 5.74) is 1.58. The molecule has 7 heteroatoms. The van der Waals surface area contributed by atoms with Gasteiger partial charge >= 0.3 is 5.97 Å². The van der Waals surface area contributed by atoms with E-state index in [9.17, 15) is 4.79 Å². The molecular formula is C26H31NO6. The van der Waals surface area contributed by atoms with Gasteiger partial charge < -0.3 is 23.7 Å². The number of fused-ring (bicyclic) bond motifs is 1. The second-order valence-corrected chi connectivity index (χ2v) is 8.49. The van der Waals surface area contributed by atoms with Gasteiger partial charge in [0, 0.05) is 17.9 Å². The highest BCUT2D eigenvalue weighted by molar-refractivity contribution is 5.91. The highest BCUT2D eigenvalue weighted by Gasteiger charge is 2.48. The van der Waals surface area contributed by atoms with Crippen molar-refractivity contribution in [3.05, 3.63) is 59.4 Å². The molecular weight excluding hydrogens is 422 g/mol. The first kappa shape index (κ1) is 23.0. The van der Waals surface area contributed by atoms with Crippen molar-refractivity contribution in [1.29, 1.82) is 0 Å². The van der Waals surface area contributed by atoms with E-state index in [-0.39, 0.29) is 11.5 Å². The van der Waals surface area contributed by atoms with Crippen LogP contribution in [-0.2, 0) is 10.2 Å². The van der Waals surface area contributed by atoms with Gasteiger partial charge in [-0.1, -0.05) is 6.07 Å². The summed E-state index contributed by atoms with van der Waals surface area (Å²) < 4.78 is 27.4. The van der Waals surface area contributed by atoms with E-state index in [1.54, 1.807) is 46.6 Å². The predicted molar refractivity (Wildman–Crippen MR) is 125 cm³/mol. The van der Waals surface area contributed by atoms with E-state index in [2.05, 4.69) is 30.2 Å². The monoisotopic (exact) mass is 453 g/mol. The fourth-order valence-electron chi connectivity index (χ4n) is 5.08. The number of allylic oxidation sites excluding steroid dienone is 1. The number of carbonyl (C=O) groups is 1. The molecule has 7 nitrogen and oxygen atoms in total. The molecule has 0 saturated carbocycles. The van der Waals surface area contributed by atoms with Crippen LogP contribution < -0.4 is 18.9 Å². The molecule has 2 aliphatic rings. The largest absolute Gasteiger partial charge is 0.493 e. The molecule has 1 heterocycles. The van der Waals surface area contributed by atoms with Crippen LogP contribution in [0.25, 0.3) is 0 Å². The number of methoxy groups -OCH3 is 4. The van der Waals surface area contributed by atoms with Crippen LogP contribution in [0.15, 0.2) is 48.2 Å². The van der Waals surface area contributed by atoms with Crippen molar-refractivity contribution in [2.75, 3.05) is 42.0 Å². The molecule has 4 rings (SSSR count). The standard InChI is InChI=1S/C26H31NO6/c1-27-13-12-26(18-7-9-21(30-3)23(15-18)32-5)11-10-19(16-24(26)27)33-25(28)17-6-8-20(29-2)22(14-17)31-4/h6-9,14-16,24H,10-13H2,1-5H3. The lowest BCUT2D eigenvalue weighted by molar-refractivity contribution is 0.0593. The van der Waals surface area contributed by atoms with Gasteiger partial charge in [-0.15, -0.1) is 0 Å². The van der Waals surface area contributed by atoms with Crippen LogP contribution >= 0.6 is 0 Å². The summed E-state index contributed by atoms with van der Waals surface area (Å²) in [5.74, 6) is 2.81. The molecule has 0 radical (unpaired) electrons. The Labute approximate surface area is 194 Å². The van der Waals surface area contributed by atoms with E-state index in [0.29, 0.717) is 29.2 Å². The summed E-state index contributed by atoms with van der Waals surface area (Å²) in [6.45, 7) is 0.965. The van der Waals surface area contributed by atoms with Gasteiger partial charge in [-0.05, 0) is 68.4 Å². The predicted octanol–water partition coefficient (Wildman–Crippen LogP) is 4.20. The molecule has 176 valence electrons. The molecule has 0 aromatic heterocycles. The highest BCUT2D eigenvalue weighted by atomic mass is 16.5. The third kappa shape index (κ3) is 4.13. The first-order valence-corrected chi connectivity index (χ1v) is 11.0. The van der Waals surface area contributed by atoms with Crippen LogP contribution in [0, 0.1) is 0 Å². The average Bonchev–Trinajstić information content (AvgIpc) is 3.19. The zero-order chi connectivity index (χ0) is 23.6. The average molecular weight is 454 g/mol. The van der Waals surface area contributed by atoms with E-state index in [0.717, 1.165) is 30.9 Å². The van der Waals surface area contributed by atoms with Crippen molar-refractivity contribution in [2.24, 2.45) is 0 Å². The quantitative estimate of drug-likeness (QED) is 0.582. The minimum absolute atomic E-state index is 0.0620. The number of likely N-dealkylation sites (N-methyl/N-ethyl adjacent to an activating group) is 1. The molecule has 1 aliphatic carbocycles. The SMILES string of the molecule is COc1ccc(C(=O)OC2=CC3N(C)CCC3(c3ccc(OC)c(OC)c3)CC2)cc1OC. The summed E-state index contributed by atoms with van der Waals surface area (Å²) in [6.07, 6.45) is 4.68. The Morgan fingerprint density at radius 1 is 0.879 bits per heavy atom. The van der Waals surface area contributed by atoms with Crippen LogP contribution in [-0.4, -0.2) is 58.9 Å². The molecule has 0 bridgehead atoms. The molecule has 0 spiro atoms. The second kappa shape index (κ2) is 9.35. The van der Waals surface area contributed by atoms with Gasteiger partial charge in [-0.3, -0.25) is 4.90 Å². The van der Waals surface area contributed by atoms with Crippen molar-refractivity contribution < 1.29 is 28.5 Å². The molecule has 1 saturated heterocycles. The van der Waals surface area contributed by atoms with Crippen LogP contribution in [0.5, 0.6) is 23.0 Å². The maximum atomic E-state index is 12.9. The van der Waals surface area contributed by atoms with Gasteiger partial charge in [0.15, 0.2) is 23.0 Å². The Bertz CT molecular complexity index is 1060. The molecule has 1 fully saturated rings. The second-order valence-electron chi connectivity index (χ2n) is 8.49. The van der Waals surface area contributed by atoms with Gasteiger partial charge in [0.1, 0.15) is 5.76 Å². The molecule has 2 aromatic rings. The number of hydrogen-bond donors (Lipinski definition) is 0. The lowest BCUT2D eigenvalue weighted by atomic mass is 9.68. The Balaban J connectivity index is 1.59. The number of esters is 1. The summed E-state index contributed by atoms with van der Waals surface area (Å²) in [5, 5.41) is 0. The number of hydrogen-bond acceptors (Lipinski definition) is 7. The van der Waals surface area contributed by atoms with Crippen molar-refractivity contribution >= 4 is 5.97 Å². The van der Waals surface area contributed by atoms with Crippen LogP contribution in [0.1, 0.15) is 35.2 Å². The first-order chi connectivity index (χ1) is 15.9. The van der Waals surface area contributed by atoms with Crippen LogP contribution in [0.3, 0.4) is 0 Å². The summed E-state index contributed by atoms with van der Waals surface area (Å²) >= 11 is 0. The lowest BCUT2D eigenvalue weighted by Crippen LogP contribution is -2.42. The number of carbonyl (C=O) groups excluding carboxylic acids is 1. The van der Waals surface area contributed by atoms with Crippen molar-refractivity contribution in [3.63, 3.8) is 0 Å². The topological polar surface area (TPSA) is 66.5 Å². The van der Waals surface area contributed by atoms with E-state index in [1.165, 1.54) is 5.56 Å². The zero-order valence-electron chi connectivity index (χ0n) is 19.8. The van der Waals surface area contributed by atoms with E-state index >= 15 is 0 Å². The molecule has 2 unspecified atom stereocenters. The molecule has 2 aromatic carbocycles. The third-order valence-electron chi connectivity index (χ3n) is 6.91. The molecule has 0 amide bonds. The summed E-state index contributed by atoms with van der Waals surface area (Å²) in [7, 11) is 8.52. The van der Waals surface area contributed by atoms with Crippen LogP contribution in [0.2, 0.25) is 0 Å². The van der Waals surface area contributed by atoms with Crippen LogP contribution in [0.4, 0.5) is 0 Å². The van der Waals surface area contributed by atoms with Gasteiger partial charge in [0.25, 0.3) is 0 Å². The Kier molecular flexibility index (Phi) is 6.51. The van der Waals surface area contributed by atoms with Gasteiger partial charge in [-0.25, -0.2) is 4.79 Å². The maximum absolute atomic E-state index is 12.9. The lowest BCUT2D eigenvalue weighted by Gasteiger charge is -2.40. The molecule has 33 heavy (non-hydrogen) atoms. The van der Waals surface area contributed by atoms with Gasteiger partial charge in [0.05, 0.1) is 34.0 Å². The Morgan fingerprint density at radius 3 is 2.18 bits per heavy atom. The van der Waals surface area contributed by atoms with E-state index in [4.69, 9.17) is 23.7 Å². The number of nitrogens with zero attached hydrogens (tertiary/aromatic N) is 1. The number of ether oxygens (including phenoxy) is 5. The van der Waals surface area contributed by atoms with Gasteiger partial charge in [-0.2, -0.15) is 0 Å². The summed E-state index contributed by atoms with van der Waals surface area (Å²) in [6, 6.07) is 11.3. The third-order valence-corrected chi connectivity index (χ3v) is 6.91. The number of likely N-dealkylation sites (tertiary alicyclic amines) is 1. The number of benzene rings is 2. The fraction of sp³-hybridized carbons (Fsp3) is 0.423. The smallest absolute Gasteiger partial charge is 0.343 e. The van der Waals surface area contributed by atoms with Crippen molar-refractivity contribution in [2.45, 2.75) is 30.7 Å². The fourth-order valence-corrected chi connectivity index (χ4v) is 5.08. The maximum Gasteiger partial charge on any atom is 0.343 e. The van der Waals surface area contributed by atoms with E-state index in [1.807, 2.05) is 6.07 Å². The molecule has 2 atom stereocenters. The highest BCUT2D eigenvalue weighted by Crippen LogP contribution is 2.49. The minimum Gasteiger partial charge on any atom is -0.493 e. The minimum atomic E-state index is -0.401. The normalized spacial score (nSPS) is 22.2. The number of rotatable bonds is 7. The van der Waals surface area contributed by atoms with Crippen molar-refractivity contribution in [3.8, 4) is 23.0 Å².